The molecule has 2 aliphatic heterocycles. The Bertz CT molecular complexity index is 1350. The summed E-state index contributed by atoms with van der Waals surface area (Å²) in [6.07, 6.45) is 3.00. The van der Waals surface area contributed by atoms with E-state index in [1.165, 1.54) is 0 Å². The van der Waals surface area contributed by atoms with Gasteiger partial charge in [0.25, 0.3) is 0 Å². The van der Waals surface area contributed by atoms with Crippen molar-refractivity contribution in [2.24, 2.45) is 11.8 Å². The van der Waals surface area contributed by atoms with Gasteiger partial charge in [-0.3, -0.25) is 19.2 Å². The van der Waals surface area contributed by atoms with E-state index in [2.05, 4.69) is 33.4 Å². The average molecular weight is 595 g/mol. The van der Waals surface area contributed by atoms with Gasteiger partial charge in [-0.05, 0) is 84.3 Å². The van der Waals surface area contributed by atoms with Crippen LogP contribution in [0.5, 0.6) is 0 Å². The third kappa shape index (κ3) is 6.59. The normalized spacial score (nSPS) is 21.5. The zero-order chi connectivity index (χ0) is 31.5. The molecule has 4 rings (SSSR count). The summed E-state index contributed by atoms with van der Waals surface area (Å²) in [6, 6.07) is 6.28. The number of rotatable bonds is 12. The van der Waals surface area contributed by atoms with Crippen molar-refractivity contribution in [3.8, 4) is 0 Å². The molecule has 2 aromatic rings. The number of nitrogens with one attached hydrogen (secondary N) is 2. The minimum atomic E-state index is -0.858. The molecule has 0 spiro atoms. The van der Waals surface area contributed by atoms with Crippen molar-refractivity contribution in [1.82, 2.24) is 29.9 Å². The highest BCUT2D eigenvalue weighted by atomic mass is 16.2. The molecule has 1 aromatic heterocycles. The molecule has 0 aliphatic carbocycles. The Morgan fingerprint density at radius 3 is 2.49 bits per heavy atom. The van der Waals surface area contributed by atoms with Crippen LogP contribution in [-0.4, -0.2) is 109 Å². The van der Waals surface area contributed by atoms with Gasteiger partial charge in [0.2, 0.25) is 23.6 Å². The Balaban J connectivity index is 1.66. The number of hydrogen-bond acceptors (Lipinski definition) is 5. The van der Waals surface area contributed by atoms with Gasteiger partial charge < -0.3 is 29.9 Å². The second-order valence-electron chi connectivity index (χ2n) is 12.7. The minimum absolute atomic E-state index is 0.0239. The number of carbonyl (C=O) groups excluding carboxylic acids is 4. The number of aryl methyl sites for hydroxylation is 1. The van der Waals surface area contributed by atoms with E-state index in [1.807, 2.05) is 44.7 Å². The molecule has 1 aromatic carbocycles. The Hall–Kier alpha value is -3.40. The third-order valence-electron chi connectivity index (χ3n) is 9.47. The first-order chi connectivity index (χ1) is 20.4. The molecule has 1 saturated heterocycles. The van der Waals surface area contributed by atoms with E-state index >= 15 is 0 Å². The van der Waals surface area contributed by atoms with Gasteiger partial charge in [-0.15, -0.1) is 0 Å². The molecule has 43 heavy (non-hydrogen) atoms. The zero-order valence-corrected chi connectivity index (χ0v) is 27.1. The van der Waals surface area contributed by atoms with Gasteiger partial charge in [-0.25, -0.2) is 0 Å². The van der Waals surface area contributed by atoms with Crippen LogP contribution in [0.15, 0.2) is 18.2 Å². The standard InChI is InChI=1S/C33H50N6O4/c1-8-38(9-2)32(43)26-20-23(21-28(40)34-16-10-17-36(4)5)31(42)39-18-15-25-24-13-11-22(12-14-29(41)37(6)7)19-27(24)35-30(25)33(26,39)3/h11,13,19,23,26,35H,8-10,12,14-18,20-21H2,1-7H3,(H,34,40)/t23-,26-,33+/m1/s1. The van der Waals surface area contributed by atoms with Crippen LogP contribution in [-0.2, 0) is 37.6 Å². The first-order valence-corrected chi connectivity index (χ1v) is 15.8. The highest BCUT2D eigenvalue weighted by molar-refractivity contribution is 5.93. The first kappa shape index (κ1) is 32.5. The Labute approximate surface area is 256 Å². The summed E-state index contributed by atoms with van der Waals surface area (Å²) in [5.41, 5.74) is 3.23. The molecular weight excluding hydrogens is 544 g/mol. The molecule has 2 N–H and O–H groups in total. The molecule has 0 radical (unpaired) electrons. The SMILES string of the molecule is CCN(CC)C(=O)[C@H]1C[C@H](CC(=O)NCCCN(C)C)C(=O)N2CCc3c([nH]c4cc(CCC(=O)N(C)C)ccc34)[C@]12C. The Morgan fingerprint density at radius 2 is 1.84 bits per heavy atom. The lowest BCUT2D eigenvalue weighted by atomic mass is 9.67. The minimum Gasteiger partial charge on any atom is -0.356 e. The highest BCUT2D eigenvalue weighted by Crippen LogP contribution is 2.50. The summed E-state index contributed by atoms with van der Waals surface area (Å²) in [5, 5.41) is 4.07. The fraction of sp³-hybridized carbons (Fsp3) is 0.636. The van der Waals surface area contributed by atoms with Crippen LogP contribution in [0.25, 0.3) is 10.9 Å². The molecule has 2 aliphatic rings. The van der Waals surface area contributed by atoms with Crippen LogP contribution < -0.4 is 5.32 Å². The van der Waals surface area contributed by atoms with Crippen LogP contribution in [0.4, 0.5) is 0 Å². The van der Waals surface area contributed by atoms with Crippen molar-refractivity contribution in [2.75, 3.05) is 60.9 Å². The second kappa shape index (κ2) is 13.5. The van der Waals surface area contributed by atoms with Crippen molar-refractivity contribution in [3.05, 3.63) is 35.0 Å². The van der Waals surface area contributed by atoms with Gasteiger partial charge in [0.05, 0.1) is 11.5 Å². The molecule has 4 amide bonds. The number of piperidine rings is 1. The number of benzene rings is 1. The molecule has 236 valence electrons. The number of aromatic nitrogens is 1. The van der Waals surface area contributed by atoms with Crippen LogP contribution in [0.1, 0.15) is 63.3 Å². The van der Waals surface area contributed by atoms with Crippen LogP contribution in [0.2, 0.25) is 0 Å². The Morgan fingerprint density at radius 1 is 1.12 bits per heavy atom. The fourth-order valence-electron chi connectivity index (χ4n) is 6.94. The number of aromatic amines is 1. The fourth-order valence-corrected chi connectivity index (χ4v) is 6.94. The van der Waals surface area contributed by atoms with Crippen molar-refractivity contribution < 1.29 is 19.2 Å². The molecule has 0 bridgehead atoms. The van der Waals surface area contributed by atoms with Gasteiger partial charge >= 0.3 is 0 Å². The highest BCUT2D eigenvalue weighted by Gasteiger charge is 2.57. The van der Waals surface area contributed by atoms with Gasteiger partial charge in [-0.1, -0.05) is 12.1 Å². The van der Waals surface area contributed by atoms with E-state index < -0.39 is 17.4 Å². The largest absolute Gasteiger partial charge is 0.356 e. The first-order valence-electron chi connectivity index (χ1n) is 15.8. The van der Waals surface area contributed by atoms with E-state index in [9.17, 15) is 19.2 Å². The number of hydrogen-bond donors (Lipinski definition) is 2. The Kier molecular flexibility index (Phi) is 10.2. The van der Waals surface area contributed by atoms with Gasteiger partial charge in [-0.2, -0.15) is 0 Å². The third-order valence-corrected chi connectivity index (χ3v) is 9.47. The summed E-state index contributed by atoms with van der Waals surface area (Å²) >= 11 is 0. The molecular formula is C33H50N6O4. The number of H-pyrrole nitrogens is 1. The summed E-state index contributed by atoms with van der Waals surface area (Å²) in [5.74, 6) is -1.11. The molecule has 1 fully saturated rings. The monoisotopic (exact) mass is 594 g/mol. The van der Waals surface area contributed by atoms with E-state index in [4.69, 9.17) is 0 Å². The number of amides is 4. The lowest BCUT2D eigenvalue weighted by Gasteiger charge is -2.54. The summed E-state index contributed by atoms with van der Waals surface area (Å²) in [7, 11) is 7.53. The topological polar surface area (TPSA) is 109 Å². The molecule has 3 atom stereocenters. The van der Waals surface area contributed by atoms with Crippen molar-refractivity contribution in [2.45, 2.75) is 64.8 Å². The van der Waals surface area contributed by atoms with Crippen molar-refractivity contribution in [1.29, 1.82) is 0 Å². The van der Waals surface area contributed by atoms with Crippen molar-refractivity contribution in [3.63, 3.8) is 0 Å². The van der Waals surface area contributed by atoms with Gasteiger partial charge in [0.1, 0.15) is 0 Å². The van der Waals surface area contributed by atoms with Crippen LogP contribution in [0.3, 0.4) is 0 Å². The number of fused-ring (bicyclic) bond motifs is 5. The predicted octanol–water partition coefficient (Wildman–Crippen LogP) is 2.75. The maximum absolute atomic E-state index is 14.1. The predicted molar refractivity (Wildman–Crippen MR) is 168 cm³/mol. The summed E-state index contributed by atoms with van der Waals surface area (Å²) < 4.78 is 0. The van der Waals surface area contributed by atoms with Gasteiger partial charge in [0, 0.05) is 75.6 Å². The lowest BCUT2D eigenvalue weighted by molar-refractivity contribution is -0.164. The quantitative estimate of drug-likeness (QED) is 0.368. The second-order valence-corrected chi connectivity index (χ2v) is 12.7. The summed E-state index contributed by atoms with van der Waals surface area (Å²) in [4.78, 5) is 64.3. The maximum Gasteiger partial charge on any atom is 0.228 e. The smallest absolute Gasteiger partial charge is 0.228 e. The average Bonchev–Trinajstić information content (AvgIpc) is 3.35. The molecule has 10 heteroatoms. The zero-order valence-electron chi connectivity index (χ0n) is 27.1. The molecule has 3 heterocycles. The van der Waals surface area contributed by atoms with E-state index in [0.717, 1.165) is 40.7 Å². The van der Waals surface area contributed by atoms with E-state index in [-0.39, 0.29) is 30.0 Å². The van der Waals surface area contributed by atoms with E-state index in [0.29, 0.717) is 51.9 Å². The van der Waals surface area contributed by atoms with E-state index in [1.54, 1.807) is 19.0 Å². The molecule has 0 unspecified atom stereocenters. The lowest BCUT2D eigenvalue weighted by Crippen LogP contribution is -2.64. The van der Waals surface area contributed by atoms with Gasteiger partial charge in [0.15, 0.2) is 0 Å². The summed E-state index contributed by atoms with van der Waals surface area (Å²) in [6.45, 7) is 9.08. The van der Waals surface area contributed by atoms with Crippen LogP contribution >= 0.6 is 0 Å². The van der Waals surface area contributed by atoms with Crippen molar-refractivity contribution >= 4 is 34.5 Å². The molecule has 10 nitrogen and oxygen atoms in total. The number of nitrogens with zero attached hydrogens (tertiary/aromatic N) is 4. The molecule has 0 saturated carbocycles. The maximum atomic E-state index is 14.1. The number of carbonyl (C=O) groups is 4. The van der Waals surface area contributed by atoms with Crippen LogP contribution in [0, 0.1) is 11.8 Å².